The molecule has 0 fully saturated rings. The molecule has 0 heterocycles. The molecule has 2 nitrogen and oxygen atoms in total. The van der Waals surface area contributed by atoms with E-state index in [1.54, 1.807) is 19.1 Å². The van der Waals surface area contributed by atoms with Gasteiger partial charge in [0.2, 0.25) is 0 Å². The summed E-state index contributed by atoms with van der Waals surface area (Å²) in [6.07, 6.45) is 18.7. The largest absolute Gasteiger partial charge is 0.454 e. The van der Waals surface area contributed by atoms with Gasteiger partial charge < -0.3 is 22.2 Å². The first-order chi connectivity index (χ1) is 10.3. The molecule has 0 aliphatic carbocycles. The van der Waals surface area contributed by atoms with Crippen molar-refractivity contribution < 1.29 is 566 Å². The van der Waals surface area contributed by atoms with Crippen LogP contribution in [0.3, 0.4) is 0 Å². The molecule has 1 N–H and O–H groups in total. The van der Waals surface area contributed by atoms with E-state index in [0.717, 1.165) is 0 Å². The molecule has 0 aliphatic heterocycles. The number of hydrogen-bond donors (Lipinski definition) is 1. The van der Waals surface area contributed by atoms with Gasteiger partial charge in [-0.25, -0.2) is 19.1 Å². The van der Waals surface area contributed by atoms with Crippen molar-refractivity contribution in [3.8, 4) is 0 Å². The van der Waals surface area contributed by atoms with E-state index in [4.69, 9.17) is 0 Å². The summed E-state index contributed by atoms with van der Waals surface area (Å²) < 4.78 is 0. The molecular formula is C20H29O2Y17-3. The van der Waals surface area contributed by atoms with Gasteiger partial charge in [-0.15, -0.1) is 19.1 Å². The summed E-state index contributed by atoms with van der Waals surface area (Å²) in [6, 6.07) is 0. The standard InChI is InChI=1S/C20H29O2.17Y/c1-6-17(2)13-11-9-7-8-10-12-14-19(22)20(4,5)16-15-18(3)21;;;;;;;;;;;;;;;;;/h6-14,22H,15-16H2,1-5H3;;;;;;;;;;;;;;;;;/q-3;;;;;;;;;;;;;;;;;/b9-7+,10-8-,13-11+,14-12+;;;;;;;;;;;;;;;;;. The first kappa shape index (κ1) is 117. The zero-order chi connectivity index (χ0) is 17.0. The molecule has 0 unspecified atom stereocenters. The van der Waals surface area contributed by atoms with Crippen LogP contribution in [0.15, 0.2) is 48.6 Å². The van der Waals surface area contributed by atoms with E-state index >= 15 is 0 Å². The maximum Gasteiger partial charge on any atom is 0.129 e. The summed E-state index contributed by atoms with van der Waals surface area (Å²) in [5.74, 6) is 1.37. The molecule has 175 valence electrons. The number of rotatable bonds is 10. The van der Waals surface area contributed by atoms with Gasteiger partial charge in [0, 0.05) is 562 Å². The van der Waals surface area contributed by atoms with E-state index in [-0.39, 0.29) is 567 Å². The van der Waals surface area contributed by atoms with Crippen molar-refractivity contribution >= 4 is 5.78 Å². The molecule has 17 radical (unpaired) electrons. The molecule has 0 bridgehead atoms. The Hall–Kier alpha value is 17.1. The van der Waals surface area contributed by atoms with E-state index in [2.05, 4.69) is 13.3 Å². The van der Waals surface area contributed by atoms with Crippen LogP contribution in [0.1, 0.15) is 47.5 Å². The normalized spacial score (nSPS) is 7.33. The summed E-state index contributed by atoms with van der Waals surface area (Å²) in [5, 5.41) is 10.1. The molecule has 0 atom stereocenters. The topological polar surface area (TPSA) is 37.3 Å². The molecule has 0 saturated carbocycles. The van der Waals surface area contributed by atoms with Gasteiger partial charge in [-0.1, -0.05) is 43.9 Å². The van der Waals surface area contributed by atoms with Gasteiger partial charge in [0.15, 0.2) is 0 Å². The summed E-state index contributed by atoms with van der Waals surface area (Å²) in [7, 11) is 0. The predicted octanol–water partition coefficient (Wildman–Crippen LogP) is 5.29. The second-order valence-electron chi connectivity index (χ2n) is 5.99. The zero-order valence-corrected chi connectivity index (χ0v) is 72.5. The zero-order valence-electron chi connectivity index (χ0n) is 24.3. The number of hydrogen-bond acceptors (Lipinski definition) is 2. The Labute approximate surface area is 669 Å². The van der Waals surface area contributed by atoms with Crippen molar-refractivity contribution in [2.24, 2.45) is 5.41 Å². The Balaban J connectivity index is -0.0000000162. The summed E-state index contributed by atoms with van der Waals surface area (Å²) >= 11 is 0. The van der Waals surface area contributed by atoms with Crippen LogP contribution in [0.5, 0.6) is 0 Å². The third kappa shape index (κ3) is 87.7. The molecule has 0 aromatic carbocycles. The Bertz CT molecular complexity index is 464. The van der Waals surface area contributed by atoms with Crippen molar-refractivity contribution in [1.29, 1.82) is 0 Å². The van der Waals surface area contributed by atoms with Crippen molar-refractivity contribution in [3.05, 3.63) is 67.1 Å². The number of aliphatic hydroxyl groups excluding tert-OH is 1. The van der Waals surface area contributed by atoms with E-state index in [9.17, 15) is 9.90 Å². The third-order valence-electron chi connectivity index (χ3n) is 3.42. The molecule has 39 heavy (non-hydrogen) atoms. The second kappa shape index (κ2) is 86.8. The maximum atomic E-state index is 11.0. The fraction of sp³-hybridized carbons (Fsp3) is 0.400. The number of carbonyl (C=O) groups is 1. The Morgan fingerprint density at radius 2 is 0.923 bits per heavy atom. The van der Waals surface area contributed by atoms with Crippen LogP contribution in [-0.2, 0) is 561 Å². The number of ketones is 1. The number of allylic oxidation sites excluding steroid dienone is 7. The van der Waals surface area contributed by atoms with E-state index < -0.39 is 0 Å². The molecule has 0 aromatic heterocycles. The van der Waals surface area contributed by atoms with Crippen molar-refractivity contribution in [2.75, 3.05) is 0 Å². The third-order valence-corrected chi connectivity index (χ3v) is 3.42. The van der Waals surface area contributed by atoms with E-state index in [1.165, 1.54) is 5.92 Å². The smallest absolute Gasteiger partial charge is 0.129 e. The number of carbonyl (C=O) groups excluding carboxylic acids is 1. The first-order valence-corrected chi connectivity index (χ1v) is 7.66. The molecule has 0 spiro atoms. The molecule has 0 saturated heterocycles. The molecular weight excluding hydrogens is 1780 g/mol. The summed E-state index contributed by atoms with van der Waals surface area (Å²) in [5.41, 5.74) is -0.376. The average Bonchev–Trinajstić information content (AvgIpc) is 2.47. The van der Waals surface area contributed by atoms with Gasteiger partial charge in [0.1, 0.15) is 5.78 Å². The molecule has 19 heteroatoms. The molecule has 0 aliphatic rings. The molecule has 0 aromatic rings. The van der Waals surface area contributed by atoms with Crippen LogP contribution in [0, 0.1) is 23.9 Å². The van der Waals surface area contributed by atoms with Crippen LogP contribution in [0.2, 0.25) is 0 Å². The van der Waals surface area contributed by atoms with Crippen LogP contribution in [-0.4, -0.2) is 10.9 Å². The van der Waals surface area contributed by atoms with Crippen LogP contribution in [0.25, 0.3) is 0 Å². The quantitative estimate of drug-likeness (QED) is 0.239. The average molecular weight is 1810 g/mol. The maximum absolute atomic E-state index is 11.0. The minimum absolute atomic E-state index is 0. The minimum atomic E-state index is -0.376. The van der Waals surface area contributed by atoms with Gasteiger partial charge in [0.25, 0.3) is 0 Å². The Kier molecular flexibility index (Phi) is 261. The number of Topliss-reactive ketones (excluding diaryl/α,β-unsaturated/α-hetero) is 1. The van der Waals surface area contributed by atoms with E-state index in [1.807, 2.05) is 57.2 Å². The van der Waals surface area contributed by atoms with E-state index in [0.29, 0.717) is 18.9 Å². The van der Waals surface area contributed by atoms with Crippen LogP contribution in [0.4, 0.5) is 0 Å². The van der Waals surface area contributed by atoms with Crippen LogP contribution >= 0.6 is 0 Å². The number of aliphatic hydroxyl groups is 1. The summed E-state index contributed by atoms with van der Waals surface area (Å²) in [4.78, 5) is 11.0. The van der Waals surface area contributed by atoms with Crippen molar-refractivity contribution in [3.63, 3.8) is 0 Å². The Morgan fingerprint density at radius 3 is 1.21 bits per heavy atom. The van der Waals surface area contributed by atoms with Crippen molar-refractivity contribution in [2.45, 2.75) is 47.5 Å². The molecule has 0 amide bonds. The fourth-order valence-corrected chi connectivity index (χ4v) is 1.55. The monoisotopic (exact) mass is 1810 g/mol. The Morgan fingerprint density at radius 1 is 0.641 bits per heavy atom. The van der Waals surface area contributed by atoms with Gasteiger partial charge in [-0.05, 0) is 6.92 Å². The first-order valence-electron chi connectivity index (χ1n) is 7.66. The second-order valence-corrected chi connectivity index (χ2v) is 5.99. The SMILES string of the molecule is C[CH-][C-](C)/C=C/C=C/C=C\C=C\[C-](O)C(C)(C)CCC(C)=O.[Y].[Y].[Y].[Y].[Y].[Y].[Y].[Y].[Y].[Y].[Y].[Y].[Y].[Y].[Y].[Y].[Y]. The fourth-order valence-electron chi connectivity index (χ4n) is 1.55. The van der Waals surface area contributed by atoms with Crippen molar-refractivity contribution in [1.82, 2.24) is 0 Å². The van der Waals surface area contributed by atoms with Crippen LogP contribution < -0.4 is 0 Å². The molecule has 0 rings (SSSR count). The van der Waals surface area contributed by atoms with Gasteiger partial charge in [0.05, 0.1) is 0 Å². The minimum Gasteiger partial charge on any atom is -0.454 e. The van der Waals surface area contributed by atoms with Gasteiger partial charge in [-0.2, -0.15) is 6.08 Å². The van der Waals surface area contributed by atoms with Gasteiger partial charge >= 0.3 is 0 Å². The summed E-state index contributed by atoms with van der Waals surface area (Å²) in [6.45, 7) is 9.51. The predicted molar refractivity (Wildman–Crippen MR) is 94.3 cm³/mol. The van der Waals surface area contributed by atoms with Gasteiger partial charge in [-0.3, -0.25) is 6.08 Å².